The summed E-state index contributed by atoms with van der Waals surface area (Å²) >= 11 is 5.91. The smallest absolute Gasteiger partial charge is 0.227 e. The minimum absolute atomic E-state index is 0.0442. The topological polar surface area (TPSA) is 43.8 Å². The van der Waals surface area contributed by atoms with Crippen LogP contribution in [0.2, 0.25) is 5.02 Å². The molecule has 1 saturated heterocycles. The molecular formula is C20H23ClN2O2. The molecule has 0 unspecified atom stereocenters. The lowest BCUT2D eigenvalue weighted by molar-refractivity contribution is -0.132. The molecule has 132 valence electrons. The highest BCUT2D eigenvalue weighted by Gasteiger charge is 2.21. The second-order valence-corrected chi connectivity index (χ2v) is 6.95. The fraction of sp³-hybridized carbons (Fsp3) is 0.350. The minimum atomic E-state index is 0.0442. The summed E-state index contributed by atoms with van der Waals surface area (Å²) in [5.41, 5.74) is 3.49. The van der Waals surface area contributed by atoms with Crippen LogP contribution in [0.15, 0.2) is 42.5 Å². The molecule has 0 spiro atoms. The van der Waals surface area contributed by atoms with Gasteiger partial charge in [0.1, 0.15) is 5.75 Å². The number of nitrogens with zero attached hydrogens (tertiary/aromatic N) is 2. The van der Waals surface area contributed by atoms with Gasteiger partial charge in [0.25, 0.3) is 0 Å². The zero-order chi connectivity index (χ0) is 17.8. The molecule has 1 heterocycles. The van der Waals surface area contributed by atoms with Crippen LogP contribution in [-0.4, -0.2) is 47.0 Å². The highest BCUT2D eigenvalue weighted by Crippen LogP contribution is 2.24. The summed E-state index contributed by atoms with van der Waals surface area (Å²) in [5.74, 6) is 0.153. The zero-order valence-corrected chi connectivity index (χ0v) is 15.2. The number of carbonyl (C=O) groups is 1. The summed E-state index contributed by atoms with van der Waals surface area (Å²) in [6.07, 6.45) is 0.317. The van der Waals surface area contributed by atoms with E-state index < -0.39 is 0 Å². The largest absolute Gasteiger partial charge is 0.506 e. The van der Waals surface area contributed by atoms with Gasteiger partial charge in [0.2, 0.25) is 5.91 Å². The number of rotatable bonds is 4. The Morgan fingerprint density at radius 1 is 1.12 bits per heavy atom. The lowest BCUT2D eigenvalue weighted by atomic mass is 10.1. The predicted molar refractivity (Wildman–Crippen MR) is 99.9 cm³/mol. The van der Waals surface area contributed by atoms with E-state index in [1.807, 2.05) is 4.90 Å². The van der Waals surface area contributed by atoms with E-state index in [2.05, 4.69) is 36.1 Å². The Morgan fingerprint density at radius 3 is 2.52 bits per heavy atom. The molecule has 1 fully saturated rings. The number of aryl methyl sites for hydroxylation is 1. The van der Waals surface area contributed by atoms with E-state index in [4.69, 9.17) is 11.6 Å². The monoisotopic (exact) mass is 358 g/mol. The summed E-state index contributed by atoms with van der Waals surface area (Å²) in [7, 11) is 0. The first kappa shape index (κ1) is 17.8. The molecule has 0 aromatic heterocycles. The van der Waals surface area contributed by atoms with Crippen molar-refractivity contribution in [3.63, 3.8) is 0 Å². The number of phenolic OH excluding ortho intramolecular Hbond substituents is 1. The van der Waals surface area contributed by atoms with Crippen LogP contribution < -0.4 is 0 Å². The van der Waals surface area contributed by atoms with Crippen LogP contribution >= 0.6 is 11.6 Å². The average Bonchev–Trinajstić information content (AvgIpc) is 2.61. The Kier molecular flexibility index (Phi) is 5.61. The quantitative estimate of drug-likeness (QED) is 0.912. The van der Waals surface area contributed by atoms with Crippen LogP contribution in [0.3, 0.4) is 0 Å². The molecule has 0 bridgehead atoms. The number of hydrogen-bond acceptors (Lipinski definition) is 3. The van der Waals surface area contributed by atoms with Gasteiger partial charge in [-0.15, -0.1) is 0 Å². The second kappa shape index (κ2) is 7.89. The molecule has 0 saturated carbocycles. The molecule has 1 aliphatic rings. The highest BCUT2D eigenvalue weighted by atomic mass is 35.5. The fourth-order valence-corrected chi connectivity index (χ4v) is 3.33. The van der Waals surface area contributed by atoms with E-state index in [9.17, 15) is 9.90 Å². The van der Waals surface area contributed by atoms with Crippen LogP contribution in [0.1, 0.15) is 16.7 Å². The maximum atomic E-state index is 12.5. The first-order valence-corrected chi connectivity index (χ1v) is 8.93. The van der Waals surface area contributed by atoms with Gasteiger partial charge in [-0.05, 0) is 35.7 Å². The summed E-state index contributed by atoms with van der Waals surface area (Å²) in [4.78, 5) is 16.8. The van der Waals surface area contributed by atoms with Crippen LogP contribution in [0.25, 0.3) is 0 Å². The molecule has 5 heteroatoms. The molecule has 2 aromatic rings. The SMILES string of the molecule is Cc1ccccc1CN1CCN(C(=O)Cc2ccc(O)c(Cl)c2)CC1. The van der Waals surface area contributed by atoms with Crippen LogP contribution in [-0.2, 0) is 17.8 Å². The van der Waals surface area contributed by atoms with Crippen molar-refractivity contribution in [1.82, 2.24) is 9.80 Å². The maximum absolute atomic E-state index is 12.5. The molecule has 1 amide bonds. The van der Waals surface area contributed by atoms with Crippen molar-refractivity contribution >= 4 is 17.5 Å². The molecule has 1 aliphatic heterocycles. The van der Waals surface area contributed by atoms with Crippen molar-refractivity contribution in [2.24, 2.45) is 0 Å². The number of benzene rings is 2. The predicted octanol–water partition coefficient (Wildman–Crippen LogP) is 3.24. The number of piperazine rings is 1. The van der Waals surface area contributed by atoms with Crippen molar-refractivity contribution in [3.05, 3.63) is 64.2 Å². The van der Waals surface area contributed by atoms with Crippen molar-refractivity contribution in [3.8, 4) is 5.75 Å². The van der Waals surface area contributed by atoms with Crippen molar-refractivity contribution in [2.45, 2.75) is 19.9 Å². The standard InChI is InChI=1S/C20H23ClN2O2/c1-15-4-2-3-5-17(15)14-22-8-10-23(11-9-22)20(25)13-16-6-7-19(24)18(21)12-16/h2-7,12,24H,8-11,13-14H2,1H3. The fourth-order valence-electron chi connectivity index (χ4n) is 3.13. The number of phenols is 1. The molecule has 0 radical (unpaired) electrons. The van der Waals surface area contributed by atoms with Gasteiger partial charge in [0.05, 0.1) is 11.4 Å². The highest BCUT2D eigenvalue weighted by molar-refractivity contribution is 6.32. The van der Waals surface area contributed by atoms with Crippen molar-refractivity contribution in [1.29, 1.82) is 0 Å². The number of carbonyl (C=O) groups excluding carboxylic acids is 1. The summed E-state index contributed by atoms with van der Waals surface area (Å²) in [5, 5.41) is 9.75. The van der Waals surface area contributed by atoms with Gasteiger partial charge in [-0.2, -0.15) is 0 Å². The lowest BCUT2D eigenvalue weighted by Crippen LogP contribution is -2.48. The summed E-state index contributed by atoms with van der Waals surface area (Å²) < 4.78 is 0. The lowest BCUT2D eigenvalue weighted by Gasteiger charge is -2.35. The third kappa shape index (κ3) is 4.53. The molecule has 0 aliphatic carbocycles. The van der Waals surface area contributed by atoms with Crippen molar-refractivity contribution < 1.29 is 9.90 Å². The molecule has 1 N–H and O–H groups in total. The summed E-state index contributed by atoms with van der Waals surface area (Å²) in [6.45, 7) is 6.33. The van der Waals surface area contributed by atoms with Gasteiger partial charge < -0.3 is 10.0 Å². The number of halogens is 1. The Balaban J connectivity index is 1.52. The normalized spacial score (nSPS) is 15.4. The van der Waals surface area contributed by atoms with Crippen LogP contribution in [0.5, 0.6) is 5.75 Å². The van der Waals surface area contributed by atoms with Crippen LogP contribution in [0.4, 0.5) is 0 Å². The van der Waals surface area contributed by atoms with E-state index in [1.165, 1.54) is 17.2 Å². The molecule has 0 atom stereocenters. The zero-order valence-electron chi connectivity index (χ0n) is 14.4. The maximum Gasteiger partial charge on any atom is 0.227 e. The average molecular weight is 359 g/mol. The van der Waals surface area contributed by atoms with Gasteiger partial charge in [0.15, 0.2) is 0 Å². The van der Waals surface area contributed by atoms with Gasteiger partial charge in [-0.1, -0.05) is 41.9 Å². The Hall–Kier alpha value is -2.04. The van der Waals surface area contributed by atoms with Crippen molar-refractivity contribution in [2.75, 3.05) is 26.2 Å². The molecule has 3 rings (SSSR count). The third-order valence-corrected chi connectivity index (χ3v) is 5.05. The van der Waals surface area contributed by atoms with E-state index in [-0.39, 0.29) is 16.7 Å². The van der Waals surface area contributed by atoms with Gasteiger partial charge in [-0.3, -0.25) is 9.69 Å². The second-order valence-electron chi connectivity index (χ2n) is 6.55. The van der Waals surface area contributed by atoms with E-state index in [0.717, 1.165) is 38.3 Å². The first-order valence-electron chi connectivity index (χ1n) is 8.55. The molecule has 2 aromatic carbocycles. The van der Waals surface area contributed by atoms with E-state index in [1.54, 1.807) is 12.1 Å². The molecule has 25 heavy (non-hydrogen) atoms. The first-order chi connectivity index (χ1) is 12.0. The van der Waals surface area contributed by atoms with Gasteiger partial charge in [-0.25, -0.2) is 0 Å². The van der Waals surface area contributed by atoms with E-state index >= 15 is 0 Å². The molecule has 4 nitrogen and oxygen atoms in total. The van der Waals surface area contributed by atoms with Gasteiger partial charge >= 0.3 is 0 Å². The Morgan fingerprint density at radius 2 is 1.84 bits per heavy atom. The van der Waals surface area contributed by atoms with Gasteiger partial charge in [0, 0.05) is 32.7 Å². The number of amides is 1. The van der Waals surface area contributed by atoms with Crippen LogP contribution in [0, 0.1) is 6.92 Å². The van der Waals surface area contributed by atoms with E-state index in [0.29, 0.717) is 6.42 Å². The Bertz CT molecular complexity index is 755. The Labute approximate surface area is 153 Å². The minimum Gasteiger partial charge on any atom is -0.506 e. The summed E-state index contributed by atoms with van der Waals surface area (Å²) in [6, 6.07) is 13.4. The third-order valence-electron chi connectivity index (χ3n) is 4.75. The molecular weight excluding hydrogens is 336 g/mol. The number of hydrogen-bond donors (Lipinski definition) is 1. The number of aromatic hydroxyl groups is 1.